The summed E-state index contributed by atoms with van der Waals surface area (Å²) in [4.78, 5) is 1.22. The van der Waals surface area contributed by atoms with E-state index in [4.69, 9.17) is 5.73 Å². The fraction of sp³-hybridized carbons (Fsp3) is 0.167. The Balaban J connectivity index is 2.41. The zero-order valence-electron chi connectivity index (χ0n) is 8.71. The van der Waals surface area contributed by atoms with E-state index in [0.717, 1.165) is 14.7 Å². The topological polar surface area (TPSA) is 26.0 Å². The highest BCUT2D eigenvalue weighted by atomic mass is 127. The van der Waals surface area contributed by atoms with Crippen molar-refractivity contribution in [2.45, 2.75) is 13.0 Å². The summed E-state index contributed by atoms with van der Waals surface area (Å²) in [6.45, 7) is 2.05. The molecule has 1 unspecified atom stereocenters. The summed E-state index contributed by atoms with van der Waals surface area (Å²) in [5.74, 6) is -0.220. The molecule has 0 saturated heterocycles. The van der Waals surface area contributed by atoms with Gasteiger partial charge in [0.15, 0.2) is 0 Å². The van der Waals surface area contributed by atoms with Crippen molar-refractivity contribution >= 4 is 33.9 Å². The first-order chi connectivity index (χ1) is 7.59. The van der Waals surface area contributed by atoms with Gasteiger partial charge in [0.05, 0.1) is 6.04 Å². The van der Waals surface area contributed by atoms with Crippen molar-refractivity contribution in [3.8, 4) is 0 Å². The van der Waals surface area contributed by atoms with Gasteiger partial charge in [-0.1, -0.05) is 6.07 Å². The number of benzene rings is 1. The maximum absolute atomic E-state index is 13.0. The highest BCUT2D eigenvalue weighted by Gasteiger charge is 2.15. The molecular weight excluding hydrogens is 336 g/mol. The van der Waals surface area contributed by atoms with Crippen molar-refractivity contribution in [3.63, 3.8) is 0 Å². The molecule has 84 valence electrons. The number of hydrogen-bond acceptors (Lipinski definition) is 2. The van der Waals surface area contributed by atoms with Crippen LogP contribution in [0.5, 0.6) is 0 Å². The van der Waals surface area contributed by atoms with Crippen molar-refractivity contribution in [3.05, 3.63) is 55.0 Å². The minimum atomic E-state index is -0.220. The van der Waals surface area contributed by atoms with Crippen molar-refractivity contribution in [1.29, 1.82) is 0 Å². The number of halogens is 2. The van der Waals surface area contributed by atoms with Crippen LogP contribution in [-0.2, 0) is 0 Å². The van der Waals surface area contributed by atoms with E-state index in [2.05, 4.69) is 29.5 Å². The fourth-order valence-corrected chi connectivity index (χ4v) is 3.20. The number of hydrogen-bond donors (Lipinski definition) is 1. The highest BCUT2D eigenvalue weighted by molar-refractivity contribution is 14.1. The first-order valence-corrected chi connectivity index (χ1v) is 6.80. The first-order valence-electron chi connectivity index (χ1n) is 4.84. The molecule has 16 heavy (non-hydrogen) atoms. The Morgan fingerprint density at radius 1 is 1.31 bits per heavy atom. The summed E-state index contributed by atoms with van der Waals surface area (Å²) in [6.07, 6.45) is 0. The van der Waals surface area contributed by atoms with Crippen molar-refractivity contribution in [2.75, 3.05) is 0 Å². The zero-order chi connectivity index (χ0) is 11.7. The summed E-state index contributed by atoms with van der Waals surface area (Å²) in [5.41, 5.74) is 8.29. The number of rotatable bonds is 2. The van der Waals surface area contributed by atoms with E-state index in [1.165, 1.54) is 17.0 Å². The molecule has 1 aromatic carbocycles. The molecule has 0 aliphatic rings. The summed E-state index contributed by atoms with van der Waals surface area (Å²) >= 11 is 3.80. The highest BCUT2D eigenvalue weighted by Crippen LogP contribution is 2.29. The molecule has 4 heteroatoms. The number of aryl methyl sites for hydroxylation is 1. The molecule has 1 heterocycles. The van der Waals surface area contributed by atoms with Gasteiger partial charge in [-0.3, -0.25) is 0 Å². The first kappa shape index (κ1) is 12.0. The van der Waals surface area contributed by atoms with Crippen LogP contribution in [0.3, 0.4) is 0 Å². The van der Waals surface area contributed by atoms with Gasteiger partial charge in [-0.25, -0.2) is 4.39 Å². The van der Waals surface area contributed by atoms with E-state index >= 15 is 0 Å². The molecule has 0 saturated carbocycles. The van der Waals surface area contributed by atoms with Crippen LogP contribution in [0.4, 0.5) is 4.39 Å². The van der Waals surface area contributed by atoms with Crippen LogP contribution in [0.1, 0.15) is 22.0 Å². The third kappa shape index (κ3) is 2.28. The molecule has 2 rings (SSSR count). The molecule has 0 radical (unpaired) electrons. The van der Waals surface area contributed by atoms with Gasteiger partial charge in [-0.2, -0.15) is 0 Å². The summed E-state index contributed by atoms with van der Waals surface area (Å²) < 4.78 is 13.9. The number of thiophene rings is 1. The van der Waals surface area contributed by atoms with Gasteiger partial charge in [0.2, 0.25) is 0 Å². The Labute approximate surface area is 112 Å². The summed E-state index contributed by atoms with van der Waals surface area (Å²) in [5, 5.41) is 2.03. The third-order valence-corrected chi connectivity index (χ3v) is 4.33. The average molecular weight is 347 g/mol. The monoisotopic (exact) mass is 347 g/mol. The SMILES string of the molecule is Cc1sccc1C(N)c1ccc(F)cc1I. The molecule has 2 aromatic rings. The van der Waals surface area contributed by atoms with Gasteiger partial charge < -0.3 is 5.73 Å². The second-order valence-corrected chi connectivity index (χ2v) is 5.86. The molecule has 0 aliphatic carbocycles. The van der Waals surface area contributed by atoms with Gasteiger partial charge in [-0.05, 0) is 64.2 Å². The summed E-state index contributed by atoms with van der Waals surface area (Å²) in [7, 11) is 0. The Morgan fingerprint density at radius 2 is 2.06 bits per heavy atom. The quantitative estimate of drug-likeness (QED) is 0.821. The van der Waals surface area contributed by atoms with Crippen LogP contribution in [0.2, 0.25) is 0 Å². The minimum absolute atomic E-state index is 0.168. The normalized spacial score (nSPS) is 12.8. The standard InChI is InChI=1S/C12H11FINS/c1-7-9(4-5-16-7)12(15)10-3-2-8(13)6-11(10)14/h2-6,12H,15H2,1H3. The van der Waals surface area contributed by atoms with Gasteiger partial charge in [0, 0.05) is 8.45 Å². The van der Waals surface area contributed by atoms with Crippen molar-refractivity contribution < 1.29 is 4.39 Å². The van der Waals surface area contributed by atoms with E-state index in [0.29, 0.717) is 0 Å². The second-order valence-electron chi connectivity index (χ2n) is 3.58. The van der Waals surface area contributed by atoms with E-state index in [9.17, 15) is 4.39 Å². The lowest BCUT2D eigenvalue weighted by Gasteiger charge is -2.14. The van der Waals surface area contributed by atoms with E-state index in [-0.39, 0.29) is 11.9 Å². The van der Waals surface area contributed by atoms with E-state index in [1.54, 1.807) is 17.4 Å². The summed E-state index contributed by atoms with van der Waals surface area (Å²) in [6, 6.07) is 6.60. The van der Waals surface area contributed by atoms with E-state index < -0.39 is 0 Å². The molecule has 0 bridgehead atoms. The van der Waals surface area contributed by atoms with Gasteiger partial charge in [-0.15, -0.1) is 11.3 Å². The molecule has 0 amide bonds. The molecule has 1 atom stereocenters. The van der Waals surface area contributed by atoms with Gasteiger partial charge >= 0.3 is 0 Å². The maximum atomic E-state index is 13.0. The lowest BCUT2D eigenvalue weighted by atomic mass is 10.0. The Bertz CT molecular complexity index is 509. The smallest absolute Gasteiger partial charge is 0.124 e. The van der Waals surface area contributed by atoms with E-state index in [1.807, 2.05) is 11.4 Å². The molecule has 0 aliphatic heterocycles. The van der Waals surface area contributed by atoms with Crippen LogP contribution in [0, 0.1) is 16.3 Å². The molecule has 2 N–H and O–H groups in total. The Morgan fingerprint density at radius 3 is 2.62 bits per heavy atom. The zero-order valence-corrected chi connectivity index (χ0v) is 11.7. The van der Waals surface area contributed by atoms with Crippen molar-refractivity contribution in [1.82, 2.24) is 0 Å². The maximum Gasteiger partial charge on any atom is 0.124 e. The second kappa shape index (κ2) is 4.81. The van der Waals surface area contributed by atoms with Crippen molar-refractivity contribution in [2.24, 2.45) is 5.73 Å². The molecule has 1 nitrogen and oxygen atoms in total. The lowest BCUT2D eigenvalue weighted by molar-refractivity contribution is 0.625. The van der Waals surface area contributed by atoms with Gasteiger partial charge in [0.1, 0.15) is 5.82 Å². The van der Waals surface area contributed by atoms with Crippen LogP contribution in [0.25, 0.3) is 0 Å². The minimum Gasteiger partial charge on any atom is -0.320 e. The van der Waals surface area contributed by atoms with Crippen LogP contribution >= 0.6 is 33.9 Å². The third-order valence-electron chi connectivity index (χ3n) is 2.53. The van der Waals surface area contributed by atoms with Crippen LogP contribution in [0.15, 0.2) is 29.6 Å². The Hall–Kier alpha value is -0.460. The fourth-order valence-electron chi connectivity index (χ4n) is 1.64. The number of nitrogens with two attached hydrogens (primary N) is 1. The predicted octanol–water partition coefficient (Wildman–Crippen LogP) is 3.85. The average Bonchev–Trinajstić information content (AvgIpc) is 2.63. The largest absolute Gasteiger partial charge is 0.320 e. The molecular formula is C12H11FINS. The molecule has 1 aromatic heterocycles. The lowest BCUT2D eigenvalue weighted by Crippen LogP contribution is -2.13. The van der Waals surface area contributed by atoms with Crippen LogP contribution in [-0.4, -0.2) is 0 Å². The van der Waals surface area contributed by atoms with Crippen LogP contribution < -0.4 is 5.73 Å². The molecule has 0 fully saturated rings. The van der Waals surface area contributed by atoms with Gasteiger partial charge in [0.25, 0.3) is 0 Å². The Kier molecular flexibility index (Phi) is 3.61. The predicted molar refractivity (Wildman–Crippen MR) is 74.2 cm³/mol. The molecule has 0 spiro atoms.